The average molecular weight is 343 g/mol. The highest BCUT2D eigenvalue weighted by Crippen LogP contribution is 2.11. The lowest BCUT2D eigenvalue weighted by Gasteiger charge is -2.07. The van der Waals surface area contributed by atoms with E-state index in [4.69, 9.17) is 0 Å². The molecule has 0 bridgehead atoms. The lowest BCUT2D eigenvalue weighted by molar-refractivity contribution is 0.831. The van der Waals surface area contributed by atoms with Crippen molar-refractivity contribution in [3.63, 3.8) is 0 Å². The van der Waals surface area contributed by atoms with Gasteiger partial charge in [-0.2, -0.15) is 10.1 Å². The number of nitrogens with one attached hydrogen (secondary N) is 1. The van der Waals surface area contributed by atoms with Crippen LogP contribution in [0.3, 0.4) is 0 Å². The maximum atomic E-state index is 4.43. The van der Waals surface area contributed by atoms with Crippen molar-refractivity contribution in [2.45, 2.75) is 20.3 Å². The molecule has 1 N–H and O–H groups in total. The van der Waals surface area contributed by atoms with Crippen molar-refractivity contribution in [2.75, 3.05) is 11.9 Å². The van der Waals surface area contributed by atoms with Gasteiger partial charge in [-0.3, -0.25) is 0 Å². The van der Waals surface area contributed by atoms with E-state index in [1.807, 2.05) is 19.2 Å². The van der Waals surface area contributed by atoms with Crippen molar-refractivity contribution in [3.05, 3.63) is 27.7 Å². The fourth-order valence-corrected chi connectivity index (χ4v) is 1.80. The topological polar surface area (TPSA) is 55.6 Å². The number of rotatable bonds is 4. The van der Waals surface area contributed by atoms with Crippen LogP contribution in [0.1, 0.15) is 19.0 Å². The summed E-state index contributed by atoms with van der Waals surface area (Å²) < 4.78 is 2.84. The first-order valence-corrected chi connectivity index (χ1v) is 6.57. The molecule has 0 fully saturated rings. The summed E-state index contributed by atoms with van der Waals surface area (Å²) in [4.78, 5) is 8.77. The van der Waals surface area contributed by atoms with Gasteiger partial charge in [0.25, 0.3) is 0 Å². The van der Waals surface area contributed by atoms with Crippen LogP contribution < -0.4 is 5.32 Å². The van der Waals surface area contributed by atoms with Gasteiger partial charge in [0.2, 0.25) is 5.95 Å². The first kappa shape index (κ1) is 12.3. The van der Waals surface area contributed by atoms with Gasteiger partial charge in [0.15, 0.2) is 5.82 Å². The first-order chi connectivity index (χ1) is 8.19. The van der Waals surface area contributed by atoms with E-state index in [1.165, 1.54) is 0 Å². The van der Waals surface area contributed by atoms with Crippen molar-refractivity contribution < 1.29 is 0 Å². The highest BCUT2D eigenvalue weighted by Gasteiger charge is 2.04. The smallest absolute Gasteiger partial charge is 0.224 e. The Bertz CT molecular complexity index is 508. The van der Waals surface area contributed by atoms with Gasteiger partial charge in [0.05, 0.1) is 9.77 Å². The molecule has 90 valence electrons. The number of nitrogens with zero attached hydrogens (tertiary/aromatic N) is 4. The molecule has 0 aliphatic rings. The molecule has 0 saturated heterocycles. The standard InChI is InChI=1S/C11H14IN5/c1-3-4-13-11-15-8(2)5-10(16-11)17-7-9(12)6-14-17/h5-7H,3-4H2,1-2H3,(H,13,15,16). The van der Waals surface area contributed by atoms with E-state index in [-0.39, 0.29) is 0 Å². The lowest BCUT2D eigenvalue weighted by Crippen LogP contribution is -2.08. The molecule has 5 nitrogen and oxygen atoms in total. The van der Waals surface area contributed by atoms with Gasteiger partial charge in [-0.05, 0) is 35.9 Å². The van der Waals surface area contributed by atoms with Gasteiger partial charge in [0.1, 0.15) is 0 Å². The molecule has 0 atom stereocenters. The Hall–Kier alpha value is -1.18. The van der Waals surface area contributed by atoms with Gasteiger partial charge in [0, 0.05) is 24.5 Å². The van der Waals surface area contributed by atoms with Crippen molar-refractivity contribution in [1.29, 1.82) is 0 Å². The second kappa shape index (κ2) is 5.44. The second-order valence-corrected chi connectivity index (χ2v) is 4.97. The van der Waals surface area contributed by atoms with Crippen molar-refractivity contribution >= 4 is 28.5 Å². The third-order valence-corrected chi connectivity index (χ3v) is 2.72. The maximum absolute atomic E-state index is 4.43. The zero-order valence-corrected chi connectivity index (χ0v) is 12.0. The number of aryl methyl sites for hydroxylation is 1. The summed E-state index contributed by atoms with van der Waals surface area (Å²) in [6.07, 6.45) is 4.79. The van der Waals surface area contributed by atoms with Crippen molar-refractivity contribution in [2.24, 2.45) is 0 Å². The van der Waals surface area contributed by atoms with Gasteiger partial charge in [-0.15, -0.1) is 0 Å². The molecular formula is C11H14IN5. The summed E-state index contributed by atoms with van der Waals surface area (Å²) in [6, 6.07) is 1.92. The minimum atomic E-state index is 0.660. The minimum Gasteiger partial charge on any atom is -0.354 e. The Kier molecular flexibility index (Phi) is 3.93. The Morgan fingerprint density at radius 2 is 2.24 bits per heavy atom. The number of hydrogen-bond acceptors (Lipinski definition) is 4. The maximum Gasteiger partial charge on any atom is 0.224 e. The van der Waals surface area contributed by atoms with E-state index >= 15 is 0 Å². The number of aromatic nitrogens is 4. The summed E-state index contributed by atoms with van der Waals surface area (Å²) in [5.74, 6) is 1.45. The quantitative estimate of drug-likeness (QED) is 0.867. The van der Waals surface area contributed by atoms with Crippen LogP contribution in [0.15, 0.2) is 18.5 Å². The molecule has 0 amide bonds. The molecule has 0 aliphatic carbocycles. The molecule has 0 saturated carbocycles. The highest BCUT2D eigenvalue weighted by molar-refractivity contribution is 14.1. The number of halogens is 1. The van der Waals surface area contributed by atoms with Crippen LogP contribution in [0.25, 0.3) is 5.82 Å². The zero-order chi connectivity index (χ0) is 12.3. The van der Waals surface area contributed by atoms with Crippen LogP contribution in [0.2, 0.25) is 0 Å². The molecule has 2 aromatic rings. The highest BCUT2D eigenvalue weighted by atomic mass is 127. The van der Waals surface area contributed by atoms with Gasteiger partial charge < -0.3 is 5.32 Å². The van der Waals surface area contributed by atoms with Gasteiger partial charge in [-0.25, -0.2) is 9.67 Å². The van der Waals surface area contributed by atoms with Crippen LogP contribution in [-0.4, -0.2) is 26.3 Å². The van der Waals surface area contributed by atoms with Crippen LogP contribution in [-0.2, 0) is 0 Å². The van der Waals surface area contributed by atoms with Gasteiger partial charge >= 0.3 is 0 Å². The van der Waals surface area contributed by atoms with Crippen LogP contribution in [0, 0.1) is 10.5 Å². The molecule has 0 unspecified atom stereocenters. The van der Waals surface area contributed by atoms with Crippen LogP contribution in [0.4, 0.5) is 5.95 Å². The SMILES string of the molecule is CCCNc1nc(C)cc(-n2cc(I)cn2)n1. The minimum absolute atomic E-state index is 0.660. The Labute approximate surface area is 114 Å². The molecule has 2 heterocycles. The largest absolute Gasteiger partial charge is 0.354 e. The molecule has 0 radical (unpaired) electrons. The Morgan fingerprint density at radius 3 is 2.88 bits per heavy atom. The Balaban J connectivity index is 2.31. The van der Waals surface area contributed by atoms with Crippen molar-refractivity contribution in [3.8, 4) is 5.82 Å². The number of hydrogen-bond donors (Lipinski definition) is 1. The molecule has 0 aliphatic heterocycles. The predicted octanol–water partition coefficient (Wildman–Crippen LogP) is 2.40. The third-order valence-electron chi connectivity index (χ3n) is 2.16. The average Bonchev–Trinajstić information content (AvgIpc) is 2.72. The first-order valence-electron chi connectivity index (χ1n) is 5.49. The normalized spacial score (nSPS) is 10.5. The summed E-state index contributed by atoms with van der Waals surface area (Å²) in [7, 11) is 0. The fourth-order valence-electron chi connectivity index (χ4n) is 1.41. The fraction of sp³-hybridized carbons (Fsp3) is 0.364. The van der Waals surface area contributed by atoms with Crippen molar-refractivity contribution in [1.82, 2.24) is 19.7 Å². The van der Waals surface area contributed by atoms with E-state index < -0.39 is 0 Å². The molecule has 0 spiro atoms. The monoisotopic (exact) mass is 343 g/mol. The van der Waals surface area contributed by atoms with Crippen LogP contribution >= 0.6 is 22.6 Å². The van der Waals surface area contributed by atoms with E-state index in [9.17, 15) is 0 Å². The Morgan fingerprint density at radius 1 is 1.41 bits per heavy atom. The lowest BCUT2D eigenvalue weighted by atomic mass is 10.4. The zero-order valence-electron chi connectivity index (χ0n) is 9.81. The van der Waals surface area contributed by atoms with E-state index in [1.54, 1.807) is 10.9 Å². The van der Waals surface area contributed by atoms with E-state index in [0.29, 0.717) is 5.95 Å². The van der Waals surface area contributed by atoms with E-state index in [0.717, 1.165) is 28.0 Å². The van der Waals surface area contributed by atoms with Gasteiger partial charge in [-0.1, -0.05) is 6.92 Å². The van der Waals surface area contributed by atoms with Crippen LogP contribution in [0.5, 0.6) is 0 Å². The molecular weight excluding hydrogens is 329 g/mol. The molecule has 0 aromatic carbocycles. The summed E-state index contributed by atoms with van der Waals surface area (Å²) in [5, 5.41) is 7.43. The summed E-state index contributed by atoms with van der Waals surface area (Å²) >= 11 is 2.23. The summed E-state index contributed by atoms with van der Waals surface area (Å²) in [6.45, 7) is 4.94. The molecule has 17 heavy (non-hydrogen) atoms. The second-order valence-electron chi connectivity index (χ2n) is 3.72. The molecule has 2 aromatic heterocycles. The third kappa shape index (κ3) is 3.15. The number of anilines is 1. The molecule has 2 rings (SSSR count). The summed E-state index contributed by atoms with van der Waals surface area (Å²) in [5.41, 5.74) is 0.930. The predicted molar refractivity (Wildman–Crippen MR) is 75.4 cm³/mol. The molecule has 6 heteroatoms. The van der Waals surface area contributed by atoms with E-state index in [2.05, 4.69) is 49.9 Å².